The third kappa shape index (κ3) is 4.61. The average molecular weight is 349 g/mol. The summed E-state index contributed by atoms with van der Waals surface area (Å²) in [6.45, 7) is 8.47. The van der Waals surface area contributed by atoms with Crippen molar-refractivity contribution in [1.29, 1.82) is 0 Å². The minimum atomic E-state index is 0.332. The van der Waals surface area contributed by atoms with Gasteiger partial charge in [0.1, 0.15) is 0 Å². The van der Waals surface area contributed by atoms with E-state index in [2.05, 4.69) is 20.7 Å². The van der Waals surface area contributed by atoms with Crippen molar-refractivity contribution < 1.29 is 14.2 Å². The standard InChI is InChI=1S/C19H31N3O3/c1-6-20-22-18(1)12-21(11-16-2-7-23-8-3-16)13-19(22)15-25-14-17-4-9-24-10-5-17/h1,6,16-17,19H,2-5,7-15H2/t19-/m1/s1. The first-order valence-corrected chi connectivity index (χ1v) is 9.86. The molecule has 6 nitrogen and oxygen atoms in total. The van der Waals surface area contributed by atoms with Crippen molar-refractivity contribution in [2.75, 3.05) is 52.7 Å². The lowest BCUT2D eigenvalue weighted by atomic mass is 9.99. The van der Waals surface area contributed by atoms with Gasteiger partial charge in [0.2, 0.25) is 0 Å². The van der Waals surface area contributed by atoms with Gasteiger partial charge in [-0.15, -0.1) is 0 Å². The number of hydrogen-bond acceptors (Lipinski definition) is 5. The summed E-state index contributed by atoms with van der Waals surface area (Å²) in [5.74, 6) is 1.43. The van der Waals surface area contributed by atoms with E-state index in [-0.39, 0.29) is 0 Å². The molecule has 0 radical (unpaired) electrons. The highest BCUT2D eigenvalue weighted by atomic mass is 16.5. The van der Waals surface area contributed by atoms with Crippen molar-refractivity contribution in [3.63, 3.8) is 0 Å². The predicted octanol–water partition coefficient (Wildman–Crippen LogP) is 2.11. The zero-order valence-electron chi connectivity index (χ0n) is 15.1. The number of ether oxygens (including phenoxy) is 3. The van der Waals surface area contributed by atoms with Gasteiger partial charge < -0.3 is 14.2 Å². The van der Waals surface area contributed by atoms with Gasteiger partial charge in [-0.25, -0.2) is 0 Å². The van der Waals surface area contributed by atoms with Gasteiger partial charge in [-0.05, 0) is 43.6 Å². The summed E-state index contributed by atoms with van der Waals surface area (Å²) in [7, 11) is 0. The fourth-order valence-electron chi connectivity index (χ4n) is 4.31. The summed E-state index contributed by atoms with van der Waals surface area (Å²) in [6.07, 6.45) is 6.58. The van der Waals surface area contributed by atoms with E-state index in [1.54, 1.807) is 0 Å². The van der Waals surface area contributed by atoms with Crippen LogP contribution in [0.1, 0.15) is 37.4 Å². The Bertz CT molecular complexity index is 524. The highest BCUT2D eigenvalue weighted by Crippen LogP contribution is 2.25. The van der Waals surface area contributed by atoms with E-state index in [0.717, 1.165) is 71.5 Å². The SMILES string of the molecule is c1cc2n(n1)[C@@H](COCC1CCOCC1)CN(CC1CCOCC1)C2. The number of nitrogens with zero attached hydrogens (tertiary/aromatic N) is 3. The van der Waals surface area contributed by atoms with Gasteiger partial charge in [0.25, 0.3) is 0 Å². The van der Waals surface area contributed by atoms with Crippen LogP contribution in [0, 0.1) is 11.8 Å². The molecule has 25 heavy (non-hydrogen) atoms. The lowest BCUT2D eigenvalue weighted by molar-refractivity contribution is -0.000162. The van der Waals surface area contributed by atoms with E-state index < -0.39 is 0 Å². The van der Waals surface area contributed by atoms with Gasteiger partial charge in [0.15, 0.2) is 0 Å². The normalized spacial score (nSPS) is 26.6. The van der Waals surface area contributed by atoms with Gasteiger partial charge in [-0.2, -0.15) is 5.10 Å². The van der Waals surface area contributed by atoms with Crippen molar-refractivity contribution >= 4 is 0 Å². The number of aromatic nitrogens is 2. The van der Waals surface area contributed by atoms with Crippen molar-refractivity contribution in [2.24, 2.45) is 11.8 Å². The van der Waals surface area contributed by atoms with E-state index in [1.807, 2.05) is 6.20 Å². The average Bonchev–Trinajstić information content (AvgIpc) is 3.12. The molecule has 4 heterocycles. The van der Waals surface area contributed by atoms with E-state index in [0.29, 0.717) is 12.0 Å². The molecule has 2 fully saturated rings. The van der Waals surface area contributed by atoms with Crippen molar-refractivity contribution in [2.45, 2.75) is 38.3 Å². The van der Waals surface area contributed by atoms with E-state index >= 15 is 0 Å². The Labute approximate surface area is 150 Å². The fourth-order valence-corrected chi connectivity index (χ4v) is 4.31. The Morgan fingerprint density at radius 2 is 1.72 bits per heavy atom. The van der Waals surface area contributed by atoms with Crippen LogP contribution in [-0.2, 0) is 20.8 Å². The summed E-state index contributed by atoms with van der Waals surface area (Å²) in [4.78, 5) is 2.59. The molecule has 0 saturated carbocycles. The molecular weight excluding hydrogens is 318 g/mol. The second-order valence-electron chi connectivity index (χ2n) is 7.76. The van der Waals surface area contributed by atoms with Crippen molar-refractivity contribution in [3.05, 3.63) is 18.0 Å². The third-order valence-electron chi connectivity index (χ3n) is 5.81. The molecular formula is C19H31N3O3. The maximum atomic E-state index is 6.11. The Morgan fingerprint density at radius 3 is 2.48 bits per heavy atom. The zero-order chi connectivity index (χ0) is 16.9. The summed E-state index contributed by atoms with van der Waals surface area (Å²) >= 11 is 0. The Hall–Kier alpha value is -0.950. The molecule has 0 spiro atoms. The molecule has 0 N–H and O–H groups in total. The van der Waals surface area contributed by atoms with Crippen LogP contribution in [0.15, 0.2) is 12.3 Å². The van der Waals surface area contributed by atoms with Gasteiger partial charge >= 0.3 is 0 Å². The van der Waals surface area contributed by atoms with E-state index in [4.69, 9.17) is 14.2 Å². The molecule has 0 amide bonds. The molecule has 2 saturated heterocycles. The minimum absolute atomic E-state index is 0.332. The quantitative estimate of drug-likeness (QED) is 0.787. The first-order chi connectivity index (χ1) is 12.4. The van der Waals surface area contributed by atoms with Gasteiger partial charge in [0, 0.05) is 58.9 Å². The molecule has 6 heteroatoms. The minimum Gasteiger partial charge on any atom is -0.381 e. The maximum absolute atomic E-state index is 6.11. The molecule has 1 aromatic heterocycles. The second kappa shape index (κ2) is 8.62. The summed E-state index contributed by atoms with van der Waals surface area (Å²) < 4.78 is 19.2. The zero-order valence-corrected chi connectivity index (χ0v) is 15.1. The smallest absolute Gasteiger partial charge is 0.0883 e. The highest BCUT2D eigenvalue weighted by Gasteiger charge is 2.28. The Kier molecular flexibility index (Phi) is 6.02. The molecule has 1 atom stereocenters. The molecule has 1 aromatic rings. The molecule has 0 unspecified atom stereocenters. The van der Waals surface area contributed by atoms with Crippen LogP contribution in [0.3, 0.4) is 0 Å². The molecule has 3 aliphatic rings. The molecule has 140 valence electrons. The largest absolute Gasteiger partial charge is 0.381 e. The summed E-state index contributed by atoms with van der Waals surface area (Å²) in [5, 5.41) is 4.55. The number of hydrogen-bond donors (Lipinski definition) is 0. The summed E-state index contributed by atoms with van der Waals surface area (Å²) in [5.41, 5.74) is 1.32. The highest BCUT2D eigenvalue weighted by molar-refractivity contribution is 5.05. The Balaban J connectivity index is 1.30. The van der Waals surface area contributed by atoms with Crippen LogP contribution in [0.2, 0.25) is 0 Å². The lowest BCUT2D eigenvalue weighted by Gasteiger charge is -2.36. The fraction of sp³-hybridized carbons (Fsp3) is 0.842. The van der Waals surface area contributed by atoms with Crippen LogP contribution in [0.5, 0.6) is 0 Å². The topological polar surface area (TPSA) is 48.8 Å². The first-order valence-electron chi connectivity index (χ1n) is 9.86. The van der Waals surface area contributed by atoms with Crippen LogP contribution in [0.4, 0.5) is 0 Å². The van der Waals surface area contributed by atoms with E-state index in [1.165, 1.54) is 25.1 Å². The van der Waals surface area contributed by atoms with Crippen molar-refractivity contribution in [1.82, 2.24) is 14.7 Å². The third-order valence-corrected chi connectivity index (χ3v) is 5.81. The lowest BCUT2D eigenvalue weighted by Crippen LogP contribution is -2.42. The van der Waals surface area contributed by atoms with Crippen LogP contribution >= 0.6 is 0 Å². The predicted molar refractivity (Wildman–Crippen MR) is 94.4 cm³/mol. The second-order valence-corrected chi connectivity index (χ2v) is 7.76. The molecule has 3 aliphatic heterocycles. The molecule has 0 aliphatic carbocycles. The molecule has 4 rings (SSSR count). The van der Waals surface area contributed by atoms with E-state index in [9.17, 15) is 0 Å². The number of rotatable bonds is 6. The van der Waals surface area contributed by atoms with Crippen molar-refractivity contribution in [3.8, 4) is 0 Å². The molecule has 0 aromatic carbocycles. The number of fused-ring (bicyclic) bond motifs is 1. The van der Waals surface area contributed by atoms with Crippen LogP contribution < -0.4 is 0 Å². The van der Waals surface area contributed by atoms with Crippen LogP contribution in [-0.4, -0.2) is 67.4 Å². The van der Waals surface area contributed by atoms with Gasteiger partial charge in [-0.1, -0.05) is 0 Å². The molecule has 0 bridgehead atoms. The monoisotopic (exact) mass is 349 g/mol. The van der Waals surface area contributed by atoms with Crippen LogP contribution in [0.25, 0.3) is 0 Å². The van der Waals surface area contributed by atoms with Gasteiger partial charge in [-0.3, -0.25) is 9.58 Å². The summed E-state index contributed by atoms with van der Waals surface area (Å²) in [6, 6.07) is 2.49. The Morgan fingerprint density at radius 1 is 1.00 bits per heavy atom. The maximum Gasteiger partial charge on any atom is 0.0883 e. The first kappa shape index (κ1) is 17.5. The van der Waals surface area contributed by atoms with Gasteiger partial charge in [0.05, 0.1) is 18.3 Å².